The molecule has 1 aromatic rings. The van der Waals surface area contributed by atoms with Crippen molar-refractivity contribution in [3.8, 4) is 0 Å². The van der Waals surface area contributed by atoms with Gasteiger partial charge in [0.15, 0.2) is 5.96 Å². The van der Waals surface area contributed by atoms with Crippen LogP contribution < -0.4 is 15.5 Å². The Bertz CT molecular complexity index is 644. The molecule has 0 spiro atoms. The second-order valence-electron chi connectivity index (χ2n) is 8.91. The van der Waals surface area contributed by atoms with E-state index in [0.717, 1.165) is 64.7 Å². The molecule has 0 bridgehead atoms. The van der Waals surface area contributed by atoms with Gasteiger partial charge in [-0.05, 0) is 55.7 Å². The van der Waals surface area contributed by atoms with Gasteiger partial charge in [-0.15, -0.1) is 24.0 Å². The predicted molar refractivity (Wildman–Crippen MR) is 144 cm³/mol. The third kappa shape index (κ3) is 9.43. The van der Waals surface area contributed by atoms with E-state index in [0.29, 0.717) is 12.0 Å². The summed E-state index contributed by atoms with van der Waals surface area (Å²) in [5.74, 6) is 1.51. The van der Waals surface area contributed by atoms with Gasteiger partial charge in [0, 0.05) is 65.3 Å². The van der Waals surface area contributed by atoms with Crippen LogP contribution in [0, 0.1) is 5.92 Å². The molecule has 7 heteroatoms. The molecule has 0 aromatic heterocycles. The van der Waals surface area contributed by atoms with Crippen molar-refractivity contribution >= 4 is 35.6 Å². The molecule has 1 saturated heterocycles. The van der Waals surface area contributed by atoms with E-state index in [2.05, 4.69) is 51.8 Å². The number of nitrogens with zero attached hydrogens (tertiary/aromatic N) is 2. The Kier molecular flexibility index (Phi) is 13.4. The van der Waals surface area contributed by atoms with Crippen molar-refractivity contribution in [3.63, 3.8) is 0 Å². The highest BCUT2D eigenvalue weighted by Gasteiger charge is 2.18. The molecule has 182 valence electrons. The van der Waals surface area contributed by atoms with Crippen LogP contribution in [0.5, 0.6) is 0 Å². The molecule has 1 aliphatic heterocycles. The third-order valence-electron chi connectivity index (χ3n) is 6.60. The summed E-state index contributed by atoms with van der Waals surface area (Å²) in [6.07, 6.45) is 10.0. The van der Waals surface area contributed by atoms with Gasteiger partial charge in [-0.1, -0.05) is 31.4 Å². The zero-order valence-electron chi connectivity index (χ0n) is 20.0. The van der Waals surface area contributed by atoms with E-state index >= 15 is 0 Å². The second kappa shape index (κ2) is 15.7. The molecular formula is C25H43IN4O2. The van der Waals surface area contributed by atoms with Gasteiger partial charge in [-0.25, -0.2) is 0 Å². The highest BCUT2D eigenvalue weighted by atomic mass is 127. The van der Waals surface area contributed by atoms with Crippen LogP contribution in [0.25, 0.3) is 0 Å². The summed E-state index contributed by atoms with van der Waals surface area (Å²) in [4.78, 5) is 6.79. The van der Waals surface area contributed by atoms with E-state index in [1.165, 1.54) is 43.4 Å². The zero-order valence-corrected chi connectivity index (χ0v) is 22.3. The number of halogens is 1. The summed E-state index contributed by atoms with van der Waals surface area (Å²) < 4.78 is 11.2. The van der Waals surface area contributed by atoms with Crippen molar-refractivity contribution in [2.45, 2.75) is 64.0 Å². The maximum atomic E-state index is 5.83. The summed E-state index contributed by atoms with van der Waals surface area (Å²) in [6.45, 7) is 5.06. The Balaban J connectivity index is 0.00000363. The smallest absolute Gasteiger partial charge is 0.191 e. The van der Waals surface area contributed by atoms with E-state index < -0.39 is 0 Å². The molecule has 2 aliphatic rings. The monoisotopic (exact) mass is 558 g/mol. The molecule has 3 rings (SSSR count). The minimum atomic E-state index is 0. The lowest BCUT2D eigenvalue weighted by molar-refractivity contribution is 0.0203. The Morgan fingerprint density at radius 2 is 1.78 bits per heavy atom. The Morgan fingerprint density at radius 1 is 1.06 bits per heavy atom. The molecule has 1 aliphatic carbocycles. The van der Waals surface area contributed by atoms with Crippen LogP contribution in [0.3, 0.4) is 0 Å². The van der Waals surface area contributed by atoms with Crippen molar-refractivity contribution in [3.05, 3.63) is 29.8 Å². The van der Waals surface area contributed by atoms with Gasteiger partial charge in [-0.2, -0.15) is 0 Å². The van der Waals surface area contributed by atoms with Crippen molar-refractivity contribution in [2.75, 3.05) is 52.0 Å². The number of hydrogen-bond acceptors (Lipinski definition) is 4. The van der Waals surface area contributed by atoms with Crippen LogP contribution in [-0.2, 0) is 16.0 Å². The number of guanidine groups is 1. The van der Waals surface area contributed by atoms with Crippen LogP contribution in [0.2, 0.25) is 0 Å². The van der Waals surface area contributed by atoms with Crippen molar-refractivity contribution in [1.29, 1.82) is 0 Å². The van der Waals surface area contributed by atoms with Gasteiger partial charge >= 0.3 is 0 Å². The van der Waals surface area contributed by atoms with E-state index in [4.69, 9.17) is 9.47 Å². The largest absolute Gasteiger partial charge is 0.381 e. The number of benzene rings is 1. The van der Waals surface area contributed by atoms with Crippen molar-refractivity contribution < 1.29 is 9.47 Å². The number of rotatable bonds is 10. The Labute approximate surface area is 211 Å². The summed E-state index contributed by atoms with van der Waals surface area (Å²) in [6, 6.07) is 9.63. The summed E-state index contributed by atoms with van der Waals surface area (Å²) in [5.41, 5.74) is 2.59. The van der Waals surface area contributed by atoms with Gasteiger partial charge in [0.2, 0.25) is 0 Å². The van der Waals surface area contributed by atoms with Crippen LogP contribution in [0.4, 0.5) is 5.69 Å². The topological polar surface area (TPSA) is 58.1 Å². The molecule has 1 heterocycles. The van der Waals surface area contributed by atoms with E-state index in [9.17, 15) is 0 Å². The van der Waals surface area contributed by atoms with Crippen LogP contribution >= 0.6 is 24.0 Å². The highest BCUT2D eigenvalue weighted by molar-refractivity contribution is 14.0. The molecular weight excluding hydrogens is 515 g/mol. The van der Waals surface area contributed by atoms with Gasteiger partial charge < -0.3 is 25.0 Å². The lowest BCUT2D eigenvalue weighted by Gasteiger charge is -2.33. The normalized spacial score (nSPS) is 18.1. The quantitative estimate of drug-likeness (QED) is 0.191. The van der Waals surface area contributed by atoms with E-state index in [-0.39, 0.29) is 24.0 Å². The fourth-order valence-electron chi connectivity index (χ4n) is 4.48. The van der Waals surface area contributed by atoms with Crippen LogP contribution in [-0.4, -0.2) is 59.1 Å². The first-order valence-corrected chi connectivity index (χ1v) is 12.2. The molecule has 1 aromatic carbocycles. The number of anilines is 1. The summed E-state index contributed by atoms with van der Waals surface area (Å²) >= 11 is 0. The number of aliphatic imine (C=N–C) groups is 1. The molecule has 6 nitrogen and oxygen atoms in total. The number of ether oxygens (including phenoxy) is 2. The number of hydrogen-bond donors (Lipinski definition) is 2. The first kappa shape index (κ1) is 27.2. The standard InChI is InChI=1S/C25H42N4O2.HI/c1-26-25(27-15-6-16-31-20-22-13-17-30-18-14-22)28-19-21-9-11-24(12-10-21)29(2)23-7-4-3-5-8-23;/h9-12,22-23H,3-8,13-20H2,1-2H3,(H2,26,27,28);1H. The zero-order chi connectivity index (χ0) is 21.7. The maximum Gasteiger partial charge on any atom is 0.191 e. The molecule has 0 unspecified atom stereocenters. The van der Waals surface area contributed by atoms with Crippen molar-refractivity contribution in [2.24, 2.45) is 10.9 Å². The van der Waals surface area contributed by atoms with E-state index in [1.54, 1.807) is 0 Å². The first-order valence-electron chi connectivity index (χ1n) is 12.2. The van der Waals surface area contributed by atoms with Gasteiger partial charge in [0.25, 0.3) is 0 Å². The van der Waals surface area contributed by atoms with Gasteiger partial charge in [0.1, 0.15) is 0 Å². The average molecular weight is 559 g/mol. The molecule has 2 fully saturated rings. The maximum absolute atomic E-state index is 5.83. The average Bonchev–Trinajstić information content (AvgIpc) is 2.84. The molecule has 0 radical (unpaired) electrons. The predicted octanol–water partition coefficient (Wildman–Crippen LogP) is 4.57. The highest BCUT2D eigenvalue weighted by Crippen LogP contribution is 2.26. The first-order chi connectivity index (χ1) is 15.3. The third-order valence-corrected chi connectivity index (χ3v) is 6.60. The summed E-state index contributed by atoms with van der Waals surface area (Å²) in [7, 11) is 4.06. The molecule has 0 amide bonds. The van der Waals surface area contributed by atoms with Crippen LogP contribution in [0.15, 0.2) is 29.3 Å². The summed E-state index contributed by atoms with van der Waals surface area (Å²) in [5, 5.41) is 6.79. The van der Waals surface area contributed by atoms with Crippen LogP contribution in [0.1, 0.15) is 56.9 Å². The Morgan fingerprint density at radius 3 is 2.47 bits per heavy atom. The molecule has 32 heavy (non-hydrogen) atoms. The lowest BCUT2D eigenvalue weighted by atomic mass is 9.94. The van der Waals surface area contributed by atoms with E-state index in [1.807, 2.05) is 7.05 Å². The fourth-order valence-corrected chi connectivity index (χ4v) is 4.48. The second-order valence-corrected chi connectivity index (χ2v) is 8.91. The van der Waals surface area contributed by atoms with Gasteiger partial charge in [-0.3, -0.25) is 4.99 Å². The minimum absolute atomic E-state index is 0. The molecule has 2 N–H and O–H groups in total. The lowest BCUT2D eigenvalue weighted by Crippen LogP contribution is -2.37. The molecule has 0 atom stereocenters. The fraction of sp³-hybridized carbons (Fsp3) is 0.720. The Hall–Kier alpha value is -1.06. The van der Waals surface area contributed by atoms with Gasteiger partial charge in [0.05, 0.1) is 0 Å². The SMILES string of the molecule is CN=C(NCCCOCC1CCOCC1)NCc1ccc(N(C)C2CCCCC2)cc1.I. The molecule has 1 saturated carbocycles. The van der Waals surface area contributed by atoms with Crippen molar-refractivity contribution in [1.82, 2.24) is 10.6 Å². The minimum Gasteiger partial charge on any atom is -0.381 e. The number of nitrogens with one attached hydrogen (secondary N) is 2.